The Bertz CT molecular complexity index is 195. The molecular weight excluding hydrogens is 120 g/mol. The van der Waals surface area contributed by atoms with E-state index in [9.17, 15) is 0 Å². The number of hydrogen-bond donors (Lipinski definition) is 2. The zero-order valence-corrected chi connectivity index (χ0v) is 4.50. The lowest BCUT2D eigenvalue weighted by molar-refractivity contribution is 0.809. The zero-order valence-electron chi connectivity index (χ0n) is 4.50. The van der Waals surface area contributed by atoms with E-state index < -0.39 is 0 Å². The Kier molecular flexibility index (Phi) is 1.60. The molecule has 1 aromatic heterocycles. The SMILES string of the molecule is N#CNCc1nn[nH]n1. The van der Waals surface area contributed by atoms with Crippen LogP contribution in [0.1, 0.15) is 5.82 Å². The molecule has 1 rings (SSSR count). The average molecular weight is 124 g/mol. The number of nitrogens with one attached hydrogen (secondary N) is 2. The van der Waals surface area contributed by atoms with E-state index >= 15 is 0 Å². The molecule has 9 heavy (non-hydrogen) atoms. The van der Waals surface area contributed by atoms with Gasteiger partial charge in [-0.1, -0.05) is 5.21 Å². The summed E-state index contributed by atoms with van der Waals surface area (Å²) >= 11 is 0. The predicted molar refractivity (Wildman–Crippen MR) is 26.6 cm³/mol. The normalized spacial score (nSPS) is 8.33. The van der Waals surface area contributed by atoms with Crippen LogP contribution in [0.2, 0.25) is 0 Å². The number of aromatic amines is 1. The Labute approximate surface area is 50.9 Å². The number of tetrazole rings is 1. The molecule has 0 unspecified atom stereocenters. The van der Waals surface area contributed by atoms with Crippen molar-refractivity contribution in [3.63, 3.8) is 0 Å². The van der Waals surface area contributed by atoms with Crippen molar-refractivity contribution < 1.29 is 0 Å². The van der Waals surface area contributed by atoms with Crippen LogP contribution in [0.25, 0.3) is 0 Å². The minimum Gasteiger partial charge on any atom is -0.316 e. The molecule has 0 radical (unpaired) electrons. The molecular formula is C3H4N6. The Morgan fingerprint density at radius 3 is 3.22 bits per heavy atom. The minimum absolute atomic E-state index is 0.326. The first-order valence-electron chi connectivity index (χ1n) is 2.28. The molecule has 0 spiro atoms. The maximum atomic E-state index is 8.02. The minimum atomic E-state index is 0.326. The zero-order chi connectivity index (χ0) is 6.53. The van der Waals surface area contributed by atoms with Crippen LogP contribution < -0.4 is 5.32 Å². The second-order valence-electron chi connectivity index (χ2n) is 1.29. The number of H-pyrrole nitrogens is 1. The quantitative estimate of drug-likeness (QED) is 0.380. The van der Waals surface area contributed by atoms with Crippen LogP contribution >= 0.6 is 0 Å². The van der Waals surface area contributed by atoms with Gasteiger partial charge in [-0.2, -0.15) is 10.5 Å². The Balaban J connectivity index is 2.41. The smallest absolute Gasteiger partial charge is 0.194 e. The maximum absolute atomic E-state index is 8.02. The number of nitrogens with zero attached hydrogens (tertiary/aromatic N) is 4. The lowest BCUT2D eigenvalue weighted by atomic mass is 10.6. The van der Waals surface area contributed by atoms with Crippen molar-refractivity contribution in [3.05, 3.63) is 5.82 Å². The summed E-state index contributed by atoms with van der Waals surface area (Å²) in [7, 11) is 0. The third kappa shape index (κ3) is 1.38. The molecule has 0 aromatic carbocycles. The van der Waals surface area contributed by atoms with Crippen LogP contribution in [0.15, 0.2) is 0 Å². The number of nitriles is 1. The highest BCUT2D eigenvalue weighted by atomic mass is 15.5. The van der Waals surface area contributed by atoms with E-state index in [1.807, 2.05) is 0 Å². The molecule has 0 bridgehead atoms. The summed E-state index contributed by atoms with van der Waals surface area (Å²) < 4.78 is 0. The van der Waals surface area contributed by atoms with Gasteiger partial charge in [-0.25, -0.2) is 0 Å². The van der Waals surface area contributed by atoms with E-state index in [4.69, 9.17) is 5.26 Å². The third-order valence-corrected chi connectivity index (χ3v) is 0.715. The molecule has 0 aliphatic carbocycles. The van der Waals surface area contributed by atoms with Gasteiger partial charge in [0.05, 0.1) is 6.54 Å². The van der Waals surface area contributed by atoms with Gasteiger partial charge >= 0.3 is 0 Å². The fraction of sp³-hybridized carbons (Fsp3) is 0.333. The first-order chi connectivity index (χ1) is 4.43. The van der Waals surface area contributed by atoms with Crippen molar-refractivity contribution in [1.82, 2.24) is 25.9 Å². The van der Waals surface area contributed by atoms with Gasteiger partial charge in [0.25, 0.3) is 0 Å². The molecule has 46 valence electrons. The van der Waals surface area contributed by atoms with E-state index in [1.54, 1.807) is 6.19 Å². The van der Waals surface area contributed by atoms with E-state index in [2.05, 4.69) is 25.9 Å². The molecule has 2 N–H and O–H groups in total. The number of rotatable bonds is 2. The van der Waals surface area contributed by atoms with Crippen LogP contribution in [-0.2, 0) is 6.54 Å². The Hall–Kier alpha value is -1.64. The van der Waals surface area contributed by atoms with Crippen molar-refractivity contribution in [2.24, 2.45) is 0 Å². The van der Waals surface area contributed by atoms with E-state index in [0.29, 0.717) is 12.4 Å². The molecule has 0 aliphatic heterocycles. The fourth-order valence-corrected chi connectivity index (χ4v) is 0.376. The molecule has 0 atom stereocenters. The van der Waals surface area contributed by atoms with E-state index in [0.717, 1.165) is 0 Å². The molecule has 0 amide bonds. The van der Waals surface area contributed by atoms with Gasteiger partial charge in [0.15, 0.2) is 12.0 Å². The molecule has 0 saturated carbocycles. The monoisotopic (exact) mass is 124 g/mol. The van der Waals surface area contributed by atoms with Crippen molar-refractivity contribution in [2.45, 2.75) is 6.54 Å². The lowest BCUT2D eigenvalue weighted by Gasteiger charge is -1.84. The summed E-state index contributed by atoms with van der Waals surface area (Å²) in [5.74, 6) is 0.483. The number of aromatic nitrogens is 4. The third-order valence-electron chi connectivity index (χ3n) is 0.715. The van der Waals surface area contributed by atoms with Crippen LogP contribution in [0, 0.1) is 11.5 Å². The standard InChI is InChI=1S/C3H4N6/c4-2-5-1-3-6-8-9-7-3/h5H,1H2,(H,6,7,8,9). The predicted octanol–water partition coefficient (Wildman–Crippen LogP) is -1.23. The van der Waals surface area contributed by atoms with Gasteiger partial charge in [0.1, 0.15) is 0 Å². The lowest BCUT2D eigenvalue weighted by Crippen LogP contribution is -2.05. The molecule has 0 saturated heterocycles. The molecule has 6 nitrogen and oxygen atoms in total. The molecule has 1 aromatic rings. The highest BCUT2D eigenvalue weighted by Gasteiger charge is 1.92. The summed E-state index contributed by atoms with van der Waals surface area (Å²) in [6, 6.07) is 0. The van der Waals surface area contributed by atoms with Crippen molar-refractivity contribution >= 4 is 0 Å². The van der Waals surface area contributed by atoms with Crippen LogP contribution in [0.5, 0.6) is 0 Å². The summed E-state index contributed by atoms with van der Waals surface area (Å²) in [6.07, 6.45) is 1.73. The molecule has 1 heterocycles. The molecule has 0 aliphatic rings. The van der Waals surface area contributed by atoms with Gasteiger partial charge in [-0.15, -0.1) is 10.2 Å². The summed E-state index contributed by atoms with van der Waals surface area (Å²) in [4.78, 5) is 0. The summed E-state index contributed by atoms with van der Waals surface area (Å²) in [6.45, 7) is 0.326. The topological polar surface area (TPSA) is 90.3 Å². The number of hydrogen-bond acceptors (Lipinski definition) is 5. The van der Waals surface area contributed by atoms with Gasteiger partial charge in [-0.3, -0.25) is 0 Å². The van der Waals surface area contributed by atoms with Crippen molar-refractivity contribution in [3.8, 4) is 6.19 Å². The second-order valence-corrected chi connectivity index (χ2v) is 1.29. The second kappa shape index (κ2) is 2.61. The summed E-state index contributed by atoms with van der Waals surface area (Å²) in [5, 5.41) is 23.1. The largest absolute Gasteiger partial charge is 0.316 e. The Morgan fingerprint density at radius 1 is 1.78 bits per heavy atom. The maximum Gasteiger partial charge on any atom is 0.194 e. The fourth-order valence-electron chi connectivity index (χ4n) is 0.376. The molecule has 0 fully saturated rings. The van der Waals surface area contributed by atoms with Crippen molar-refractivity contribution in [1.29, 1.82) is 5.26 Å². The Morgan fingerprint density at radius 2 is 2.67 bits per heavy atom. The van der Waals surface area contributed by atoms with Gasteiger partial charge in [0.2, 0.25) is 0 Å². The van der Waals surface area contributed by atoms with Crippen LogP contribution in [-0.4, -0.2) is 20.6 Å². The van der Waals surface area contributed by atoms with Gasteiger partial charge < -0.3 is 5.32 Å². The molecule has 6 heteroatoms. The van der Waals surface area contributed by atoms with Gasteiger partial charge in [0, 0.05) is 0 Å². The highest BCUT2D eigenvalue weighted by Crippen LogP contribution is 1.77. The summed E-state index contributed by atoms with van der Waals surface area (Å²) in [5.41, 5.74) is 0. The first-order valence-corrected chi connectivity index (χ1v) is 2.28. The first kappa shape index (κ1) is 5.50. The van der Waals surface area contributed by atoms with E-state index in [-0.39, 0.29) is 0 Å². The van der Waals surface area contributed by atoms with Crippen molar-refractivity contribution in [2.75, 3.05) is 0 Å². The van der Waals surface area contributed by atoms with Gasteiger partial charge in [-0.05, 0) is 0 Å². The van der Waals surface area contributed by atoms with Crippen LogP contribution in [0.4, 0.5) is 0 Å². The average Bonchev–Trinajstić information content (AvgIpc) is 2.34. The van der Waals surface area contributed by atoms with Crippen LogP contribution in [0.3, 0.4) is 0 Å². The van der Waals surface area contributed by atoms with E-state index in [1.165, 1.54) is 0 Å². The highest BCUT2D eigenvalue weighted by molar-refractivity contribution is 4.78.